The van der Waals surface area contributed by atoms with Gasteiger partial charge in [0.1, 0.15) is 5.01 Å². The van der Waals surface area contributed by atoms with E-state index in [4.69, 9.17) is 11.6 Å². The number of nitrogens with one attached hydrogen (secondary N) is 1. The maximum atomic E-state index is 12.4. The van der Waals surface area contributed by atoms with Crippen molar-refractivity contribution in [3.8, 4) is 0 Å². The van der Waals surface area contributed by atoms with Crippen LogP contribution in [0.1, 0.15) is 43.2 Å². The van der Waals surface area contributed by atoms with Gasteiger partial charge in [0, 0.05) is 35.5 Å². The zero-order valence-corrected chi connectivity index (χ0v) is 16.5. The predicted octanol–water partition coefficient (Wildman–Crippen LogP) is 4.01. The molecule has 138 valence electrons. The molecule has 6 nitrogen and oxygen atoms in total. The normalized spacial score (nSPS) is 18.2. The van der Waals surface area contributed by atoms with Crippen LogP contribution in [0.4, 0.5) is 10.8 Å². The van der Waals surface area contributed by atoms with E-state index in [2.05, 4.69) is 15.5 Å². The van der Waals surface area contributed by atoms with Crippen molar-refractivity contribution in [3.05, 3.63) is 33.8 Å². The van der Waals surface area contributed by atoms with E-state index >= 15 is 0 Å². The highest BCUT2D eigenvalue weighted by Gasteiger charge is 2.34. The Labute approximate surface area is 161 Å². The standard InChI is InChI=1S/C18H21ClN4O2S/c1-4-10(2)16(25)20-18-22-21-17(26-18)12-7-15(24)23(9-12)13-6-5-11(3)14(19)8-13/h5-6,8,10,12H,4,7,9H2,1-3H3,(H,20,22,25). The van der Waals surface area contributed by atoms with Crippen molar-refractivity contribution in [1.82, 2.24) is 10.2 Å². The van der Waals surface area contributed by atoms with E-state index in [1.54, 1.807) is 4.90 Å². The first-order chi connectivity index (χ1) is 12.4. The second-order valence-electron chi connectivity index (χ2n) is 6.58. The van der Waals surface area contributed by atoms with Crippen LogP contribution in [0.25, 0.3) is 0 Å². The largest absolute Gasteiger partial charge is 0.312 e. The van der Waals surface area contributed by atoms with Crippen LogP contribution in [0.3, 0.4) is 0 Å². The van der Waals surface area contributed by atoms with Gasteiger partial charge in [-0.05, 0) is 31.0 Å². The highest BCUT2D eigenvalue weighted by molar-refractivity contribution is 7.15. The van der Waals surface area contributed by atoms with Gasteiger partial charge in [-0.1, -0.05) is 42.9 Å². The highest BCUT2D eigenvalue weighted by atomic mass is 35.5. The summed E-state index contributed by atoms with van der Waals surface area (Å²) < 4.78 is 0. The minimum atomic E-state index is -0.0721. The van der Waals surface area contributed by atoms with Crippen LogP contribution >= 0.6 is 22.9 Å². The van der Waals surface area contributed by atoms with Gasteiger partial charge in [-0.2, -0.15) is 0 Å². The third-order valence-corrected chi connectivity index (χ3v) is 6.08. The monoisotopic (exact) mass is 392 g/mol. The highest BCUT2D eigenvalue weighted by Crippen LogP contribution is 2.35. The maximum absolute atomic E-state index is 12.4. The lowest BCUT2D eigenvalue weighted by atomic mass is 10.1. The number of halogens is 1. The molecule has 2 atom stereocenters. The summed E-state index contributed by atoms with van der Waals surface area (Å²) in [6.45, 7) is 6.30. The van der Waals surface area contributed by atoms with E-state index in [9.17, 15) is 9.59 Å². The first kappa shape index (κ1) is 18.8. The molecule has 2 amide bonds. The Morgan fingerprint density at radius 2 is 2.23 bits per heavy atom. The number of hydrogen-bond donors (Lipinski definition) is 1. The fourth-order valence-corrected chi connectivity index (χ4v) is 3.75. The summed E-state index contributed by atoms with van der Waals surface area (Å²) >= 11 is 7.52. The average Bonchev–Trinajstić information content (AvgIpc) is 3.23. The molecular formula is C18H21ClN4O2S. The van der Waals surface area contributed by atoms with Crippen LogP contribution in [0.15, 0.2) is 18.2 Å². The molecule has 1 saturated heterocycles. The van der Waals surface area contributed by atoms with Gasteiger partial charge in [-0.25, -0.2) is 0 Å². The molecule has 26 heavy (non-hydrogen) atoms. The molecule has 0 radical (unpaired) electrons. The summed E-state index contributed by atoms with van der Waals surface area (Å²) in [5.74, 6) is -0.129. The summed E-state index contributed by atoms with van der Waals surface area (Å²) in [5.41, 5.74) is 1.77. The smallest absolute Gasteiger partial charge is 0.229 e. The molecule has 8 heteroatoms. The Balaban J connectivity index is 1.71. The van der Waals surface area contributed by atoms with E-state index < -0.39 is 0 Å². The summed E-state index contributed by atoms with van der Waals surface area (Å²) in [7, 11) is 0. The number of benzene rings is 1. The summed E-state index contributed by atoms with van der Waals surface area (Å²) in [5, 5.41) is 12.9. The zero-order valence-electron chi connectivity index (χ0n) is 15.0. The van der Waals surface area contributed by atoms with Crippen molar-refractivity contribution in [3.63, 3.8) is 0 Å². The lowest BCUT2D eigenvalue weighted by Crippen LogP contribution is -2.24. The minimum Gasteiger partial charge on any atom is -0.312 e. The van der Waals surface area contributed by atoms with Crippen molar-refractivity contribution in [2.75, 3.05) is 16.8 Å². The molecule has 2 aromatic rings. The Bertz CT molecular complexity index is 838. The molecular weight excluding hydrogens is 372 g/mol. The van der Waals surface area contributed by atoms with Crippen LogP contribution in [0.5, 0.6) is 0 Å². The van der Waals surface area contributed by atoms with Crippen LogP contribution < -0.4 is 10.2 Å². The number of aromatic nitrogens is 2. The van der Waals surface area contributed by atoms with Gasteiger partial charge >= 0.3 is 0 Å². The fraction of sp³-hybridized carbons (Fsp3) is 0.444. The summed E-state index contributed by atoms with van der Waals surface area (Å²) in [6.07, 6.45) is 1.14. The molecule has 2 heterocycles. The molecule has 1 N–H and O–H groups in total. The van der Waals surface area contributed by atoms with Crippen molar-refractivity contribution in [2.24, 2.45) is 5.92 Å². The molecule has 1 aromatic carbocycles. The van der Waals surface area contributed by atoms with E-state index in [0.29, 0.717) is 23.1 Å². The number of nitrogens with zero attached hydrogens (tertiary/aromatic N) is 3. The lowest BCUT2D eigenvalue weighted by Gasteiger charge is -2.17. The second kappa shape index (κ2) is 7.72. The van der Waals surface area contributed by atoms with Crippen LogP contribution in [-0.2, 0) is 9.59 Å². The molecule has 1 aliphatic heterocycles. The summed E-state index contributed by atoms with van der Waals surface area (Å²) in [6, 6.07) is 5.63. The van der Waals surface area contributed by atoms with Crippen LogP contribution in [0, 0.1) is 12.8 Å². The third-order valence-electron chi connectivity index (χ3n) is 4.67. The maximum Gasteiger partial charge on any atom is 0.229 e. The molecule has 0 bridgehead atoms. The molecule has 0 aliphatic carbocycles. The van der Waals surface area contributed by atoms with Crippen molar-refractivity contribution in [1.29, 1.82) is 0 Å². The molecule has 1 aliphatic rings. The molecule has 3 rings (SSSR count). The number of carbonyl (C=O) groups excluding carboxylic acids is 2. The fourth-order valence-electron chi connectivity index (χ4n) is 2.74. The van der Waals surface area contributed by atoms with Crippen LogP contribution in [-0.4, -0.2) is 28.6 Å². The predicted molar refractivity (Wildman–Crippen MR) is 104 cm³/mol. The van der Waals surface area contributed by atoms with Crippen molar-refractivity contribution < 1.29 is 9.59 Å². The van der Waals surface area contributed by atoms with Gasteiger partial charge in [0.2, 0.25) is 16.9 Å². The molecule has 0 spiro atoms. The van der Waals surface area contributed by atoms with Crippen molar-refractivity contribution in [2.45, 2.75) is 39.5 Å². The number of aryl methyl sites for hydroxylation is 1. The molecule has 2 unspecified atom stereocenters. The first-order valence-electron chi connectivity index (χ1n) is 8.59. The Morgan fingerprint density at radius 3 is 2.92 bits per heavy atom. The minimum absolute atomic E-state index is 0.0330. The lowest BCUT2D eigenvalue weighted by molar-refractivity contribution is -0.119. The van der Waals surface area contributed by atoms with Gasteiger partial charge in [-0.15, -0.1) is 10.2 Å². The zero-order chi connectivity index (χ0) is 18.8. The van der Waals surface area contributed by atoms with E-state index in [1.165, 1.54) is 11.3 Å². The van der Waals surface area contributed by atoms with Crippen LogP contribution in [0.2, 0.25) is 5.02 Å². The molecule has 1 fully saturated rings. The number of carbonyl (C=O) groups is 2. The van der Waals surface area contributed by atoms with Gasteiger partial charge in [0.25, 0.3) is 0 Å². The third kappa shape index (κ3) is 3.88. The Morgan fingerprint density at radius 1 is 1.46 bits per heavy atom. The molecule has 0 saturated carbocycles. The quantitative estimate of drug-likeness (QED) is 0.834. The van der Waals surface area contributed by atoms with E-state index in [-0.39, 0.29) is 23.7 Å². The average molecular weight is 393 g/mol. The first-order valence-corrected chi connectivity index (χ1v) is 9.79. The van der Waals surface area contributed by atoms with Gasteiger partial charge in [0.15, 0.2) is 0 Å². The summed E-state index contributed by atoms with van der Waals surface area (Å²) in [4.78, 5) is 26.1. The van der Waals surface area contributed by atoms with Gasteiger partial charge in [-0.3, -0.25) is 9.59 Å². The Hall–Kier alpha value is -1.99. The number of amides is 2. The number of rotatable bonds is 5. The number of anilines is 2. The topological polar surface area (TPSA) is 75.2 Å². The second-order valence-corrected chi connectivity index (χ2v) is 8.00. The van der Waals surface area contributed by atoms with Gasteiger partial charge in [0.05, 0.1) is 0 Å². The van der Waals surface area contributed by atoms with Crippen molar-refractivity contribution >= 4 is 45.6 Å². The van der Waals surface area contributed by atoms with E-state index in [0.717, 1.165) is 22.7 Å². The van der Waals surface area contributed by atoms with E-state index in [1.807, 2.05) is 39.0 Å². The number of hydrogen-bond acceptors (Lipinski definition) is 5. The molecule has 1 aromatic heterocycles. The van der Waals surface area contributed by atoms with Gasteiger partial charge < -0.3 is 10.2 Å². The SMILES string of the molecule is CCC(C)C(=O)Nc1nnc(C2CC(=O)N(c3ccc(C)c(Cl)c3)C2)s1. The Kier molecular flexibility index (Phi) is 5.58.